The summed E-state index contributed by atoms with van der Waals surface area (Å²) in [6.45, 7) is 4.85. The number of halogens is 3. The van der Waals surface area contributed by atoms with E-state index in [1.165, 1.54) is 0 Å². The first-order chi connectivity index (χ1) is 16.2. The molecule has 4 rings (SSSR count). The van der Waals surface area contributed by atoms with Crippen LogP contribution in [0.5, 0.6) is 0 Å². The first kappa shape index (κ1) is 24.0. The molecule has 1 aromatic heterocycles. The molecule has 0 spiro atoms. The van der Waals surface area contributed by atoms with E-state index >= 15 is 0 Å². The topological polar surface area (TPSA) is 50.2 Å². The van der Waals surface area contributed by atoms with Gasteiger partial charge < -0.3 is 9.88 Å². The van der Waals surface area contributed by atoms with Crippen LogP contribution in [0.25, 0.3) is 0 Å². The van der Waals surface area contributed by atoms with E-state index in [4.69, 9.17) is 0 Å². The minimum Gasteiger partial charge on any atom is -0.330 e. The average Bonchev–Trinajstić information content (AvgIpc) is 3.42. The van der Waals surface area contributed by atoms with Gasteiger partial charge in [0.05, 0.1) is 0 Å². The van der Waals surface area contributed by atoms with E-state index in [2.05, 4.69) is 24.1 Å². The van der Waals surface area contributed by atoms with Gasteiger partial charge in [-0.3, -0.25) is 9.69 Å². The summed E-state index contributed by atoms with van der Waals surface area (Å²) in [6, 6.07) is 16.3. The molecule has 2 heterocycles. The summed E-state index contributed by atoms with van der Waals surface area (Å²) in [5.74, 6) is 0.166. The molecule has 2 aromatic carbocycles. The van der Waals surface area contributed by atoms with E-state index in [0.29, 0.717) is 18.8 Å². The third kappa shape index (κ3) is 5.01. The number of alkyl halides is 3. The Morgan fingerprint density at radius 2 is 1.82 bits per heavy atom. The third-order valence-electron chi connectivity index (χ3n) is 6.38. The molecule has 1 atom stereocenters. The molecule has 1 N–H and O–H groups in total. The van der Waals surface area contributed by atoms with Crippen LogP contribution in [-0.2, 0) is 17.9 Å². The molecule has 1 aliphatic rings. The second kappa shape index (κ2) is 9.62. The molecule has 1 unspecified atom stereocenters. The van der Waals surface area contributed by atoms with Crippen molar-refractivity contribution >= 4 is 11.6 Å². The average molecular weight is 471 g/mol. The maximum atomic E-state index is 14.2. The lowest BCUT2D eigenvalue weighted by molar-refractivity contribution is -0.215. The summed E-state index contributed by atoms with van der Waals surface area (Å²) in [5.41, 5.74) is -0.281. The first-order valence-corrected chi connectivity index (χ1v) is 11.4. The van der Waals surface area contributed by atoms with Crippen molar-refractivity contribution in [2.45, 2.75) is 45.5 Å². The van der Waals surface area contributed by atoms with E-state index in [0.717, 1.165) is 17.0 Å². The predicted molar refractivity (Wildman–Crippen MR) is 125 cm³/mol. The van der Waals surface area contributed by atoms with E-state index < -0.39 is 17.5 Å². The number of likely N-dealkylation sites (tertiary alicyclic amines) is 1. The number of nitrogens with one attached hydrogen (secondary N) is 1. The van der Waals surface area contributed by atoms with Gasteiger partial charge in [0.1, 0.15) is 5.82 Å². The van der Waals surface area contributed by atoms with E-state index in [-0.39, 0.29) is 25.4 Å². The zero-order valence-corrected chi connectivity index (χ0v) is 19.3. The smallest absolute Gasteiger partial charge is 0.330 e. The second-order valence-electron chi connectivity index (χ2n) is 9.25. The van der Waals surface area contributed by atoms with Crippen molar-refractivity contribution in [1.29, 1.82) is 0 Å². The Hall–Kier alpha value is -3.13. The number of benzene rings is 2. The van der Waals surface area contributed by atoms with Crippen molar-refractivity contribution in [3.05, 3.63) is 83.9 Å². The fourth-order valence-corrected chi connectivity index (χ4v) is 4.56. The highest BCUT2D eigenvalue weighted by atomic mass is 19.4. The molecular formula is C26H29F3N4O. The number of hydrogen-bond donors (Lipinski definition) is 1. The Labute approximate surface area is 197 Å². The van der Waals surface area contributed by atoms with Crippen LogP contribution in [0.15, 0.2) is 67.0 Å². The number of imidazole rings is 1. The Morgan fingerprint density at radius 1 is 1.09 bits per heavy atom. The molecule has 1 fully saturated rings. The van der Waals surface area contributed by atoms with Gasteiger partial charge in [-0.15, -0.1) is 0 Å². The van der Waals surface area contributed by atoms with Crippen molar-refractivity contribution in [3.8, 4) is 0 Å². The van der Waals surface area contributed by atoms with Crippen LogP contribution in [0.2, 0.25) is 0 Å². The summed E-state index contributed by atoms with van der Waals surface area (Å²) < 4.78 is 44.7. The minimum absolute atomic E-state index is 0.209. The number of carbonyl (C=O) groups is 1. The van der Waals surface area contributed by atoms with Crippen LogP contribution in [0, 0.1) is 5.41 Å². The third-order valence-corrected chi connectivity index (χ3v) is 6.38. The molecule has 0 saturated carbocycles. The van der Waals surface area contributed by atoms with Crippen molar-refractivity contribution < 1.29 is 18.0 Å². The maximum Gasteiger partial charge on any atom is 0.404 e. The number of anilines is 1. The van der Waals surface area contributed by atoms with Gasteiger partial charge >= 0.3 is 6.18 Å². The largest absolute Gasteiger partial charge is 0.404 e. The van der Waals surface area contributed by atoms with Gasteiger partial charge in [-0.1, -0.05) is 56.3 Å². The van der Waals surface area contributed by atoms with E-state index in [1.807, 2.05) is 47.2 Å². The standard InChI is InChI=1S/C26H29F3N4O/c1-19(2)23-30-12-14-33(23)17-21-9-6-10-22(15-21)31-24(34)25(26(27,28)29)11-13-32(18-25)16-20-7-4-3-5-8-20/h3-10,12,14-15,19H,11,13,16-18H2,1-2H3,(H,31,34). The van der Waals surface area contributed by atoms with Crippen LogP contribution in [0.1, 0.15) is 43.1 Å². The Balaban J connectivity index is 1.49. The van der Waals surface area contributed by atoms with Gasteiger partial charge in [-0.2, -0.15) is 13.2 Å². The summed E-state index contributed by atoms with van der Waals surface area (Å²) in [7, 11) is 0. The Bertz CT molecular complexity index is 1130. The van der Waals surface area contributed by atoms with Gasteiger partial charge in [0.25, 0.3) is 0 Å². The SMILES string of the molecule is CC(C)c1nccn1Cc1cccc(NC(=O)C2(C(F)(F)F)CCN(Cc3ccccc3)C2)c1. The molecule has 34 heavy (non-hydrogen) atoms. The number of carbonyl (C=O) groups excluding carboxylic acids is 1. The minimum atomic E-state index is -4.65. The number of nitrogens with zero attached hydrogens (tertiary/aromatic N) is 3. The number of aromatic nitrogens is 2. The van der Waals surface area contributed by atoms with Crippen molar-refractivity contribution in [3.63, 3.8) is 0 Å². The highest BCUT2D eigenvalue weighted by molar-refractivity contribution is 5.96. The lowest BCUT2D eigenvalue weighted by Crippen LogP contribution is -2.49. The van der Waals surface area contributed by atoms with Crippen molar-refractivity contribution in [2.24, 2.45) is 5.41 Å². The van der Waals surface area contributed by atoms with Crippen LogP contribution in [-0.4, -0.2) is 39.6 Å². The highest BCUT2D eigenvalue weighted by Gasteiger charge is 2.62. The first-order valence-electron chi connectivity index (χ1n) is 11.4. The molecular weight excluding hydrogens is 441 g/mol. The molecule has 3 aromatic rings. The fourth-order valence-electron chi connectivity index (χ4n) is 4.56. The van der Waals surface area contributed by atoms with Gasteiger partial charge in [-0.05, 0) is 36.2 Å². The number of amides is 1. The molecule has 5 nitrogen and oxygen atoms in total. The quantitative estimate of drug-likeness (QED) is 0.500. The van der Waals surface area contributed by atoms with Crippen LogP contribution < -0.4 is 5.32 Å². The lowest BCUT2D eigenvalue weighted by Gasteiger charge is -2.30. The summed E-state index contributed by atoms with van der Waals surface area (Å²) in [4.78, 5) is 19.2. The molecule has 0 radical (unpaired) electrons. The van der Waals surface area contributed by atoms with Gasteiger partial charge in [0.15, 0.2) is 5.41 Å². The Kier molecular flexibility index (Phi) is 6.79. The van der Waals surface area contributed by atoms with Gasteiger partial charge in [-0.25, -0.2) is 4.98 Å². The lowest BCUT2D eigenvalue weighted by atomic mass is 9.85. The molecule has 0 aliphatic carbocycles. The molecule has 180 valence electrons. The van der Waals surface area contributed by atoms with Crippen molar-refractivity contribution in [1.82, 2.24) is 14.5 Å². The van der Waals surface area contributed by atoms with Crippen molar-refractivity contribution in [2.75, 3.05) is 18.4 Å². The fraction of sp³-hybridized carbons (Fsp3) is 0.385. The summed E-state index contributed by atoms with van der Waals surface area (Å²) in [5, 5.41) is 2.56. The van der Waals surface area contributed by atoms with Gasteiger partial charge in [0, 0.05) is 43.6 Å². The van der Waals surface area contributed by atoms with E-state index in [9.17, 15) is 18.0 Å². The molecule has 1 saturated heterocycles. The number of hydrogen-bond acceptors (Lipinski definition) is 3. The highest BCUT2D eigenvalue weighted by Crippen LogP contribution is 2.46. The Morgan fingerprint density at radius 3 is 2.53 bits per heavy atom. The molecule has 0 bridgehead atoms. The normalized spacial score (nSPS) is 19.0. The van der Waals surface area contributed by atoms with Crippen LogP contribution in [0.4, 0.5) is 18.9 Å². The second-order valence-corrected chi connectivity index (χ2v) is 9.25. The monoisotopic (exact) mass is 470 g/mol. The molecule has 1 amide bonds. The van der Waals surface area contributed by atoms with E-state index in [1.54, 1.807) is 29.3 Å². The molecule has 8 heteroatoms. The van der Waals surface area contributed by atoms with Crippen LogP contribution in [0.3, 0.4) is 0 Å². The number of rotatable bonds is 7. The summed E-state index contributed by atoms with van der Waals surface area (Å²) >= 11 is 0. The van der Waals surface area contributed by atoms with Crippen LogP contribution >= 0.6 is 0 Å². The zero-order chi connectivity index (χ0) is 24.3. The molecule has 1 aliphatic heterocycles. The predicted octanol–water partition coefficient (Wildman–Crippen LogP) is 5.45. The maximum absolute atomic E-state index is 14.2. The van der Waals surface area contributed by atoms with Gasteiger partial charge in [0.2, 0.25) is 5.91 Å². The zero-order valence-electron chi connectivity index (χ0n) is 19.3. The summed E-state index contributed by atoms with van der Waals surface area (Å²) in [6.07, 6.45) is -1.31.